The number of rotatable bonds is 8. The zero-order valence-corrected chi connectivity index (χ0v) is 13.0. The molecule has 0 aliphatic rings. The van der Waals surface area contributed by atoms with Gasteiger partial charge in [-0.15, -0.1) is 11.6 Å². The number of alkyl carbamates (subject to hydrolysis) is 1. The second-order valence-corrected chi connectivity index (χ2v) is 5.20. The predicted octanol–water partition coefficient (Wildman–Crippen LogP) is 3.62. The molecule has 0 spiro atoms. The molecule has 1 aromatic carbocycles. The number of unbranched alkanes of at least 4 members (excludes halogenated alkanes) is 1. The van der Waals surface area contributed by atoms with Gasteiger partial charge in [0, 0.05) is 11.9 Å². The molecule has 0 saturated heterocycles. The van der Waals surface area contributed by atoms with Crippen molar-refractivity contribution in [2.24, 2.45) is 0 Å². The van der Waals surface area contributed by atoms with Gasteiger partial charge in [0.25, 0.3) is 0 Å². The summed E-state index contributed by atoms with van der Waals surface area (Å²) in [5.74, 6) is 0.468. The number of carbonyl (C=O) groups is 1. The van der Waals surface area contributed by atoms with Crippen molar-refractivity contribution in [3.05, 3.63) is 35.4 Å². The van der Waals surface area contributed by atoms with Crippen LogP contribution in [0.2, 0.25) is 0 Å². The second kappa shape index (κ2) is 10.1. The number of nitrogens with zero attached hydrogens (tertiary/aromatic N) is 1. The minimum absolute atomic E-state index is 0.0652. The quantitative estimate of drug-likeness (QED) is 0.589. The molecular formula is C16H21ClN2O2. The maximum absolute atomic E-state index is 11.7. The number of amides is 1. The summed E-state index contributed by atoms with van der Waals surface area (Å²) < 4.78 is 5.10. The number of halogens is 1. The SMILES string of the molecule is CCCCOC(=O)N[C@H](CCCl)Cc1ccc(C#N)cc1. The van der Waals surface area contributed by atoms with E-state index in [9.17, 15) is 4.79 Å². The van der Waals surface area contributed by atoms with Crippen LogP contribution < -0.4 is 5.32 Å². The maximum atomic E-state index is 11.7. The van der Waals surface area contributed by atoms with E-state index in [4.69, 9.17) is 21.6 Å². The lowest BCUT2D eigenvalue weighted by atomic mass is 10.0. The van der Waals surface area contributed by atoms with Crippen LogP contribution in [0.15, 0.2) is 24.3 Å². The Morgan fingerprint density at radius 2 is 2.14 bits per heavy atom. The Labute approximate surface area is 131 Å². The molecular weight excluding hydrogens is 288 g/mol. The lowest BCUT2D eigenvalue weighted by Crippen LogP contribution is -2.37. The molecule has 114 valence electrons. The van der Waals surface area contributed by atoms with Gasteiger partial charge in [-0.05, 0) is 37.0 Å². The molecule has 0 heterocycles. The van der Waals surface area contributed by atoms with Crippen molar-refractivity contribution in [2.45, 2.75) is 38.6 Å². The number of hydrogen-bond donors (Lipinski definition) is 1. The zero-order valence-electron chi connectivity index (χ0n) is 12.3. The summed E-state index contributed by atoms with van der Waals surface area (Å²) in [4.78, 5) is 11.7. The van der Waals surface area contributed by atoms with Crippen molar-refractivity contribution in [1.82, 2.24) is 5.32 Å². The molecule has 0 aliphatic carbocycles. The van der Waals surface area contributed by atoms with Crippen LogP contribution in [0.1, 0.15) is 37.3 Å². The first-order valence-corrected chi connectivity index (χ1v) is 7.71. The highest BCUT2D eigenvalue weighted by molar-refractivity contribution is 6.17. The highest BCUT2D eigenvalue weighted by Crippen LogP contribution is 2.09. The van der Waals surface area contributed by atoms with Crippen molar-refractivity contribution in [3.8, 4) is 6.07 Å². The van der Waals surface area contributed by atoms with Gasteiger partial charge in [-0.1, -0.05) is 25.5 Å². The Bertz CT molecular complexity index is 468. The molecule has 0 saturated carbocycles. The third kappa shape index (κ3) is 7.01. The Hall–Kier alpha value is -1.73. The molecule has 5 heteroatoms. The number of ether oxygens (including phenoxy) is 1. The van der Waals surface area contributed by atoms with Crippen LogP contribution in [0.3, 0.4) is 0 Å². The summed E-state index contributed by atoms with van der Waals surface area (Å²) in [6.45, 7) is 2.48. The van der Waals surface area contributed by atoms with Gasteiger partial charge in [0.15, 0.2) is 0 Å². The number of carbonyl (C=O) groups excluding carboxylic acids is 1. The van der Waals surface area contributed by atoms with E-state index in [2.05, 4.69) is 11.4 Å². The fraction of sp³-hybridized carbons (Fsp3) is 0.500. The van der Waals surface area contributed by atoms with E-state index >= 15 is 0 Å². The van der Waals surface area contributed by atoms with E-state index in [1.807, 2.05) is 19.1 Å². The van der Waals surface area contributed by atoms with Crippen LogP contribution in [-0.4, -0.2) is 24.6 Å². The van der Waals surface area contributed by atoms with Crippen LogP contribution in [0, 0.1) is 11.3 Å². The van der Waals surface area contributed by atoms with Crippen molar-refractivity contribution in [3.63, 3.8) is 0 Å². The summed E-state index contributed by atoms with van der Waals surface area (Å²) in [6.07, 6.45) is 2.80. The van der Waals surface area contributed by atoms with Crippen molar-refractivity contribution in [2.75, 3.05) is 12.5 Å². The monoisotopic (exact) mass is 308 g/mol. The molecule has 1 aromatic rings. The summed E-state index contributed by atoms with van der Waals surface area (Å²) in [5, 5.41) is 11.6. The molecule has 1 atom stereocenters. The van der Waals surface area contributed by atoms with Crippen molar-refractivity contribution >= 4 is 17.7 Å². The number of alkyl halides is 1. The molecule has 0 radical (unpaired) electrons. The smallest absolute Gasteiger partial charge is 0.407 e. The average molecular weight is 309 g/mol. The lowest BCUT2D eigenvalue weighted by molar-refractivity contribution is 0.140. The van der Waals surface area contributed by atoms with Gasteiger partial charge in [-0.25, -0.2) is 4.79 Å². The lowest BCUT2D eigenvalue weighted by Gasteiger charge is -2.17. The predicted molar refractivity (Wildman–Crippen MR) is 83.4 cm³/mol. The topological polar surface area (TPSA) is 62.1 Å². The molecule has 0 unspecified atom stereocenters. The Kier molecular flexibility index (Phi) is 8.30. The van der Waals surface area contributed by atoms with Crippen LogP contribution >= 0.6 is 11.6 Å². The third-order valence-corrected chi connectivity index (χ3v) is 3.29. The van der Waals surface area contributed by atoms with E-state index in [1.165, 1.54) is 0 Å². The average Bonchev–Trinajstić information content (AvgIpc) is 2.48. The minimum atomic E-state index is -0.396. The molecule has 21 heavy (non-hydrogen) atoms. The Balaban J connectivity index is 2.51. The second-order valence-electron chi connectivity index (χ2n) is 4.82. The van der Waals surface area contributed by atoms with Gasteiger partial charge in [0.1, 0.15) is 0 Å². The first kappa shape index (κ1) is 17.3. The van der Waals surface area contributed by atoms with Gasteiger partial charge in [-0.2, -0.15) is 5.26 Å². The van der Waals surface area contributed by atoms with Gasteiger partial charge in [0.05, 0.1) is 18.2 Å². The molecule has 0 fully saturated rings. The van der Waals surface area contributed by atoms with Crippen LogP contribution in [-0.2, 0) is 11.2 Å². The standard InChI is InChI=1S/C16H21ClN2O2/c1-2-3-10-21-16(20)19-15(8-9-17)11-13-4-6-14(12-18)7-5-13/h4-7,15H,2-3,8-11H2,1H3,(H,19,20)/t15-/m1/s1. The molecule has 0 bridgehead atoms. The van der Waals surface area contributed by atoms with Crippen LogP contribution in [0.4, 0.5) is 4.79 Å². The van der Waals surface area contributed by atoms with E-state index in [-0.39, 0.29) is 6.04 Å². The number of nitrogens with one attached hydrogen (secondary N) is 1. The Morgan fingerprint density at radius 3 is 2.71 bits per heavy atom. The fourth-order valence-corrected chi connectivity index (χ4v) is 2.14. The molecule has 4 nitrogen and oxygen atoms in total. The summed E-state index contributed by atoms with van der Waals surface area (Å²) in [7, 11) is 0. The van der Waals surface area contributed by atoms with E-state index in [1.54, 1.807) is 12.1 Å². The first-order chi connectivity index (χ1) is 10.2. The summed E-state index contributed by atoms with van der Waals surface area (Å²) in [6, 6.07) is 9.34. The zero-order chi connectivity index (χ0) is 15.5. The summed E-state index contributed by atoms with van der Waals surface area (Å²) >= 11 is 5.79. The molecule has 0 aromatic heterocycles. The third-order valence-electron chi connectivity index (χ3n) is 3.08. The molecule has 1 rings (SSSR count). The maximum Gasteiger partial charge on any atom is 0.407 e. The molecule has 1 amide bonds. The van der Waals surface area contributed by atoms with Crippen molar-refractivity contribution < 1.29 is 9.53 Å². The summed E-state index contributed by atoms with van der Waals surface area (Å²) in [5.41, 5.74) is 1.68. The first-order valence-electron chi connectivity index (χ1n) is 7.17. The van der Waals surface area contributed by atoms with Gasteiger partial charge in [-0.3, -0.25) is 0 Å². The minimum Gasteiger partial charge on any atom is -0.450 e. The van der Waals surface area contributed by atoms with Crippen LogP contribution in [0.5, 0.6) is 0 Å². The van der Waals surface area contributed by atoms with E-state index < -0.39 is 6.09 Å². The van der Waals surface area contributed by atoms with E-state index in [0.717, 1.165) is 18.4 Å². The van der Waals surface area contributed by atoms with Gasteiger partial charge < -0.3 is 10.1 Å². The highest BCUT2D eigenvalue weighted by atomic mass is 35.5. The van der Waals surface area contributed by atoms with Crippen molar-refractivity contribution in [1.29, 1.82) is 5.26 Å². The largest absolute Gasteiger partial charge is 0.450 e. The number of nitriles is 1. The van der Waals surface area contributed by atoms with Crippen LogP contribution in [0.25, 0.3) is 0 Å². The van der Waals surface area contributed by atoms with Gasteiger partial charge >= 0.3 is 6.09 Å². The number of hydrogen-bond acceptors (Lipinski definition) is 3. The molecule has 1 N–H and O–H groups in total. The number of benzene rings is 1. The highest BCUT2D eigenvalue weighted by Gasteiger charge is 2.13. The van der Waals surface area contributed by atoms with E-state index in [0.29, 0.717) is 30.9 Å². The fourth-order valence-electron chi connectivity index (χ4n) is 1.87. The normalized spacial score (nSPS) is 11.5. The molecule has 0 aliphatic heterocycles. The van der Waals surface area contributed by atoms with Gasteiger partial charge in [0.2, 0.25) is 0 Å². The Morgan fingerprint density at radius 1 is 1.43 bits per heavy atom.